The van der Waals surface area contributed by atoms with E-state index in [9.17, 15) is 4.79 Å². The Morgan fingerprint density at radius 1 is 1.15 bits per heavy atom. The number of piperazine rings is 1. The van der Waals surface area contributed by atoms with Gasteiger partial charge in [-0.15, -0.1) is 10.2 Å². The maximum absolute atomic E-state index is 12.5. The number of anilines is 1. The van der Waals surface area contributed by atoms with Crippen molar-refractivity contribution in [3.05, 3.63) is 46.8 Å². The lowest BCUT2D eigenvalue weighted by molar-refractivity contribution is 0.143. The van der Waals surface area contributed by atoms with Gasteiger partial charge in [0.25, 0.3) is 0 Å². The first kappa shape index (κ1) is 17.1. The van der Waals surface area contributed by atoms with Crippen LogP contribution in [-0.4, -0.2) is 57.2 Å². The predicted molar refractivity (Wildman–Crippen MR) is 103 cm³/mol. The predicted octanol–water partition coefficient (Wildman–Crippen LogP) is 3.01. The van der Waals surface area contributed by atoms with E-state index in [1.165, 1.54) is 16.9 Å². The van der Waals surface area contributed by atoms with Gasteiger partial charge in [-0.05, 0) is 34.5 Å². The first-order valence-corrected chi connectivity index (χ1v) is 10.1. The first-order valence-electron chi connectivity index (χ1n) is 8.32. The number of thiophene rings is 1. The summed E-state index contributed by atoms with van der Waals surface area (Å²) in [6, 6.07) is 7.66. The minimum atomic E-state index is -0.121. The molecule has 7 nitrogen and oxygen atoms in total. The van der Waals surface area contributed by atoms with Gasteiger partial charge in [0, 0.05) is 38.9 Å². The number of nitrogens with zero attached hydrogens (tertiary/aromatic N) is 5. The van der Waals surface area contributed by atoms with Crippen LogP contribution in [-0.2, 0) is 6.54 Å². The van der Waals surface area contributed by atoms with Gasteiger partial charge >= 0.3 is 6.03 Å². The molecule has 1 N–H and O–H groups in total. The third-order valence-electron chi connectivity index (χ3n) is 4.17. The molecule has 2 amide bonds. The van der Waals surface area contributed by atoms with Gasteiger partial charge in [0.1, 0.15) is 5.69 Å². The third kappa shape index (κ3) is 4.06. The highest BCUT2D eigenvalue weighted by Gasteiger charge is 2.22. The van der Waals surface area contributed by atoms with Gasteiger partial charge < -0.3 is 4.90 Å². The highest BCUT2D eigenvalue weighted by molar-refractivity contribution is 7.18. The van der Waals surface area contributed by atoms with Gasteiger partial charge in [0.2, 0.25) is 5.13 Å². The minimum absolute atomic E-state index is 0.121. The van der Waals surface area contributed by atoms with Crippen LogP contribution in [0.2, 0.25) is 0 Å². The van der Waals surface area contributed by atoms with E-state index in [2.05, 4.69) is 42.2 Å². The second kappa shape index (κ2) is 7.90. The van der Waals surface area contributed by atoms with Gasteiger partial charge in [-0.3, -0.25) is 15.2 Å². The van der Waals surface area contributed by atoms with Crippen molar-refractivity contribution in [1.29, 1.82) is 0 Å². The zero-order valence-corrected chi connectivity index (χ0v) is 15.7. The highest BCUT2D eigenvalue weighted by atomic mass is 32.1. The Bertz CT molecular complexity index is 843. The van der Waals surface area contributed by atoms with Crippen molar-refractivity contribution in [3.8, 4) is 10.7 Å². The molecule has 4 rings (SSSR count). The van der Waals surface area contributed by atoms with Crippen LogP contribution < -0.4 is 5.32 Å². The number of aromatic nitrogens is 3. The van der Waals surface area contributed by atoms with Gasteiger partial charge in [0.05, 0.1) is 0 Å². The summed E-state index contributed by atoms with van der Waals surface area (Å²) >= 11 is 3.05. The van der Waals surface area contributed by atoms with E-state index in [0.29, 0.717) is 23.2 Å². The fourth-order valence-electron chi connectivity index (χ4n) is 2.79. The second-order valence-corrected chi connectivity index (χ2v) is 7.71. The van der Waals surface area contributed by atoms with E-state index >= 15 is 0 Å². The molecule has 0 spiro atoms. The number of nitrogens with one attached hydrogen (secondary N) is 1. The average Bonchev–Trinajstić information content (AvgIpc) is 3.35. The molecule has 1 fully saturated rings. The van der Waals surface area contributed by atoms with E-state index in [1.54, 1.807) is 17.5 Å². The Kier molecular flexibility index (Phi) is 5.19. The molecular formula is C17H18N6OS2. The van der Waals surface area contributed by atoms with Crippen molar-refractivity contribution in [3.63, 3.8) is 0 Å². The normalized spacial score (nSPS) is 15.2. The second-order valence-electron chi connectivity index (χ2n) is 5.95. The quantitative estimate of drug-likeness (QED) is 0.746. The van der Waals surface area contributed by atoms with Gasteiger partial charge in [-0.2, -0.15) is 11.3 Å². The summed E-state index contributed by atoms with van der Waals surface area (Å²) < 4.78 is 0. The first-order chi connectivity index (χ1) is 12.8. The standard InChI is InChI=1S/C17H18N6OS2/c24-17(19-16-21-20-15(26-16)14-3-1-2-5-18-14)23-8-6-22(7-9-23)11-13-4-10-25-12-13/h1-5,10,12H,6-9,11H2,(H,19,21,24). The molecule has 0 bridgehead atoms. The molecule has 1 saturated heterocycles. The van der Waals surface area contributed by atoms with E-state index in [4.69, 9.17) is 0 Å². The Morgan fingerprint density at radius 2 is 2.04 bits per heavy atom. The molecule has 0 aliphatic carbocycles. The zero-order chi connectivity index (χ0) is 17.8. The van der Waals surface area contributed by atoms with Crippen LogP contribution in [0.15, 0.2) is 41.2 Å². The minimum Gasteiger partial charge on any atom is -0.322 e. The van der Waals surface area contributed by atoms with Crippen LogP contribution in [0.1, 0.15) is 5.56 Å². The van der Waals surface area contributed by atoms with Crippen LogP contribution >= 0.6 is 22.7 Å². The number of carbonyl (C=O) groups excluding carboxylic acids is 1. The zero-order valence-electron chi connectivity index (χ0n) is 14.0. The van der Waals surface area contributed by atoms with Crippen molar-refractivity contribution in [1.82, 2.24) is 25.0 Å². The van der Waals surface area contributed by atoms with Crippen molar-refractivity contribution in [2.75, 3.05) is 31.5 Å². The third-order valence-corrected chi connectivity index (χ3v) is 5.76. The van der Waals surface area contributed by atoms with E-state index in [-0.39, 0.29) is 6.03 Å². The molecule has 1 aliphatic rings. The largest absolute Gasteiger partial charge is 0.323 e. The van der Waals surface area contributed by atoms with E-state index < -0.39 is 0 Å². The number of pyridine rings is 1. The maximum Gasteiger partial charge on any atom is 0.323 e. The molecular weight excluding hydrogens is 368 g/mol. The SMILES string of the molecule is O=C(Nc1nnc(-c2ccccn2)s1)N1CCN(Cc2ccsc2)CC1. The molecule has 134 valence electrons. The fraction of sp³-hybridized carbons (Fsp3) is 0.294. The average molecular weight is 387 g/mol. The lowest BCUT2D eigenvalue weighted by Gasteiger charge is -2.34. The summed E-state index contributed by atoms with van der Waals surface area (Å²) in [5, 5.41) is 16.5. The molecule has 1 aliphatic heterocycles. The van der Waals surface area contributed by atoms with E-state index in [1.807, 2.05) is 23.1 Å². The van der Waals surface area contributed by atoms with Crippen molar-refractivity contribution < 1.29 is 4.79 Å². The highest BCUT2D eigenvalue weighted by Crippen LogP contribution is 2.24. The Labute approximate surface area is 159 Å². The summed E-state index contributed by atoms with van der Waals surface area (Å²) in [5.74, 6) is 0. The summed E-state index contributed by atoms with van der Waals surface area (Å²) in [6.07, 6.45) is 1.71. The molecule has 0 unspecified atom stereocenters. The van der Waals surface area contributed by atoms with Crippen molar-refractivity contribution in [2.24, 2.45) is 0 Å². The fourth-order valence-corrected chi connectivity index (χ4v) is 4.16. The van der Waals surface area contributed by atoms with Crippen LogP contribution in [0, 0.1) is 0 Å². The lowest BCUT2D eigenvalue weighted by Crippen LogP contribution is -2.49. The molecule has 0 saturated carbocycles. The van der Waals surface area contributed by atoms with Crippen LogP contribution in [0.3, 0.4) is 0 Å². The number of hydrogen-bond donors (Lipinski definition) is 1. The summed E-state index contributed by atoms with van der Waals surface area (Å²) in [7, 11) is 0. The maximum atomic E-state index is 12.5. The number of hydrogen-bond acceptors (Lipinski definition) is 7. The Hall–Kier alpha value is -2.36. The molecule has 0 radical (unpaired) electrons. The van der Waals surface area contributed by atoms with Gasteiger partial charge in [0.15, 0.2) is 5.01 Å². The lowest BCUT2D eigenvalue weighted by atomic mass is 10.2. The molecule has 4 heterocycles. The summed E-state index contributed by atoms with van der Waals surface area (Å²) in [6.45, 7) is 4.11. The number of amides is 2. The Morgan fingerprint density at radius 3 is 2.77 bits per heavy atom. The van der Waals surface area contributed by atoms with Crippen LogP contribution in [0.5, 0.6) is 0 Å². The van der Waals surface area contributed by atoms with Crippen molar-refractivity contribution >= 4 is 33.8 Å². The van der Waals surface area contributed by atoms with Crippen LogP contribution in [0.4, 0.5) is 9.93 Å². The molecule has 26 heavy (non-hydrogen) atoms. The number of rotatable bonds is 4. The van der Waals surface area contributed by atoms with Crippen LogP contribution in [0.25, 0.3) is 10.7 Å². The Balaban J connectivity index is 1.30. The van der Waals surface area contributed by atoms with Crippen molar-refractivity contribution in [2.45, 2.75) is 6.54 Å². The monoisotopic (exact) mass is 386 g/mol. The molecule has 3 aromatic heterocycles. The molecule has 0 aromatic carbocycles. The topological polar surface area (TPSA) is 74.2 Å². The molecule has 9 heteroatoms. The summed E-state index contributed by atoms with van der Waals surface area (Å²) in [5.41, 5.74) is 2.09. The number of urea groups is 1. The van der Waals surface area contributed by atoms with Gasteiger partial charge in [-0.1, -0.05) is 17.4 Å². The summed E-state index contributed by atoms with van der Waals surface area (Å²) in [4.78, 5) is 20.9. The molecule has 0 atom stereocenters. The van der Waals surface area contributed by atoms with Gasteiger partial charge in [-0.25, -0.2) is 4.79 Å². The number of carbonyl (C=O) groups is 1. The smallest absolute Gasteiger partial charge is 0.322 e. The molecule has 3 aromatic rings. The van der Waals surface area contributed by atoms with E-state index in [0.717, 1.165) is 25.3 Å².